The molecule has 1 saturated carbocycles. The van der Waals surface area contributed by atoms with Gasteiger partial charge in [0.05, 0.1) is 29.9 Å². The van der Waals surface area contributed by atoms with Gasteiger partial charge in [-0.3, -0.25) is 4.99 Å². The molecular formula is C18H17N7. The second-order valence-electron chi connectivity index (χ2n) is 6.38. The van der Waals surface area contributed by atoms with Crippen molar-refractivity contribution < 1.29 is 0 Å². The largest absolute Gasteiger partial charge is 0.379 e. The van der Waals surface area contributed by atoms with E-state index in [1.54, 1.807) is 11.1 Å². The fourth-order valence-corrected chi connectivity index (χ4v) is 2.82. The molecule has 4 rings (SSSR count). The van der Waals surface area contributed by atoms with Crippen molar-refractivity contribution in [2.75, 3.05) is 11.9 Å². The third-order valence-corrected chi connectivity index (χ3v) is 4.38. The quantitative estimate of drug-likeness (QED) is 0.880. The minimum absolute atomic E-state index is 0.385. The molecule has 0 saturated heterocycles. The van der Waals surface area contributed by atoms with E-state index in [1.165, 1.54) is 0 Å². The van der Waals surface area contributed by atoms with Crippen molar-refractivity contribution in [1.82, 2.24) is 10.3 Å². The molecule has 0 amide bonds. The van der Waals surface area contributed by atoms with Gasteiger partial charge < -0.3 is 10.6 Å². The molecule has 7 heteroatoms. The third-order valence-electron chi connectivity index (χ3n) is 4.38. The molecule has 2 heterocycles. The number of nitrogens with one attached hydrogen (secondary N) is 2. The number of benzene rings is 1. The second-order valence-corrected chi connectivity index (χ2v) is 6.38. The first-order chi connectivity index (χ1) is 12.2. The first-order valence-corrected chi connectivity index (χ1v) is 8.26. The summed E-state index contributed by atoms with van der Waals surface area (Å²) in [5, 5.41) is 31.4. The van der Waals surface area contributed by atoms with E-state index in [0.717, 1.165) is 35.6 Å². The topological polar surface area (TPSA) is 99.6 Å². The lowest BCUT2D eigenvalue weighted by atomic mass is 10.1. The van der Waals surface area contributed by atoms with E-state index in [-0.39, 0.29) is 6.04 Å². The van der Waals surface area contributed by atoms with Crippen molar-refractivity contribution >= 4 is 17.4 Å². The number of anilines is 1. The lowest BCUT2D eigenvalue weighted by molar-refractivity contribution is 0.417. The Morgan fingerprint density at radius 1 is 1.28 bits per heavy atom. The highest BCUT2D eigenvalue weighted by Gasteiger charge is 2.35. The molecule has 124 valence electrons. The van der Waals surface area contributed by atoms with E-state index in [4.69, 9.17) is 0 Å². The van der Waals surface area contributed by atoms with Crippen LogP contribution in [0.2, 0.25) is 0 Å². The first-order valence-electron chi connectivity index (χ1n) is 8.26. The number of fused-ring (bicyclic) bond motifs is 1. The van der Waals surface area contributed by atoms with Gasteiger partial charge in [0.15, 0.2) is 17.7 Å². The van der Waals surface area contributed by atoms with E-state index in [9.17, 15) is 10.5 Å². The minimum atomic E-state index is -0.385. The maximum atomic E-state index is 9.33. The minimum Gasteiger partial charge on any atom is -0.379 e. The van der Waals surface area contributed by atoms with Gasteiger partial charge >= 0.3 is 0 Å². The number of hydrogen-bond donors (Lipinski definition) is 2. The Morgan fingerprint density at radius 3 is 2.84 bits per heavy atom. The molecule has 1 atom stereocenters. The number of aryl methyl sites for hydroxylation is 1. The van der Waals surface area contributed by atoms with Crippen molar-refractivity contribution in [2.24, 2.45) is 10.1 Å². The number of nitriles is 2. The Labute approximate surface area is 146 Å². The van der Waals surface area contributed by atoms with Gasteiger partial charge in [-0.1, -0.05) is 6.07 Å². The summed E-state index contributed by atoms with van der Waals surface area (Å²) in [5.74, 6) is 1.35. The van der Waals surface area contributed by atoms with E-state index in [1.807, 2.05) is 25.1 Å². The van der Waals surface area contributed by atoms with Crippen molar-refractivity contribution in [3.8, 4) is 12.1 Å². The van der Waals surface area contributed by atoms with Gasteiger partial charge in [0, 0.05) is 17.8 Å². The van der Waals surface area contributed by atoms with Crippen LogP contribution in [0.25, 0.3) is 0 Å². The fourth-order valence-electron chi connectivity index (χ4n) is 2.82. The van der Waals surface area contributed by atoms with Crippen LogP contribution in [0.3, 0.4) is 0 Å². The summed E-state index contributed by atoms with van der Waals surface area (Å²) in [5.41, 5.74) is 3.24. The fraction of sp³-hybridized carbons (Fsp3) is 0.333. The highest BCUT2D eigenvalue weighted by molar-refractivity contribution is 6.13. The summed E-state index contributed by atoms with van der Waals surface area (Å²) in [4.78, 5) is 4.46. The Morgan fingerprint density at radius 2 is 2.12 bits per heavy atom. The normalized spacial score (nSPS) is 21.3. The monoisotopic (exact) mass is 331 g/mol. The molecule has 1 fully saturated rings. The molecule has 0 spiro atoms. The van der Waals surface area contributed by atoms with Crippen LogP contribution < -0.4 is 10.6 Å². The molecule has 1 aromatic carbocycles. The van der Waals surface area contributed by atoms with E-state index >= 15 is 0 Å². The van der Waals surface area contributed by atoms with Crippen LogP contribution in [-0.4, -0.2) is 35.3 Å². The molecule has 25 heavy (non-hydrogen) atoms. The maximum Gasteiger partial charge on any atom is 0.169 e. The summed E-state index contributed by atoms with van der Waals surface area (Å²) in [6.45, 7) is 2.33. The summed E-state index contributed by atoms with van der Waals surface area (Å²) in [6, 6.07) is 10.1. The zero-order valence-electron chi connectivity index (χ0n) is 13.8. The van der Waals surface area contributed by atoms with Crippen LogP contribution in [0, 0.1) is 29.6 Å². The smallest absolute Gasteiger partial charge is 0.169 e. The van der Waals surface area contributed by atoms with Crippen LogP contribution in [-0.2, 0) is 0 Å². The zero-order valence-corrected chi connectivity index (χ0v) is 13.8. The summed E-state index contributed by atoms with van der Waals surface area (Å²) >= 11 is 0. The number of nitrogens with zero attached hydrogens (tertiary/aromatic N) is 5. The number of aliphatic imine (C=N–C) groups is 1. The van der Waals surface area contributed by atoms with Crippen molar-refractivity contribution in [1.29, 1.82) is 10.5 Å². The summed E-state index contributed by atoms with van der Waals surface area (Å²) in [6.07, 6.45) is 4.21. The molecule has 2 N–H and O–H groups in total. The Bertz CT molecular complexity index is 893. The number of amidine groups is 2. The average Bonchev–Trinajstić information content (AvgIpc) is 3.33. The number of hydrogen-bond acceptors (Lipinski definition) is 7. The number of rotatable bonds is 3. The van der Waals surface area contributed by atoms with Gasteiger partial charge in [0.25, 0.3) is 0 Å². The average molecular weight is 331 g/mol. The van der Waals surface area contributed by atoms with Crippen LogP contribution in [0.15, 0.2) is 40.1 Å². The van der Waals surface area contributed by atoms with Crippen LogP contribution in [0.4, 0.5) is 5.69 Å². The lowest BCUT2D eigenvalue weighted by Crippen LogP contribution is -2.40. The molecule has 7 nitrogen and oxygen atoms in total. The molecule has 0 bridgehead atoms. The predicted octanol–water partition coefficient (Wildman–Crippen LogP) is 1.85. The second kappa shape index (κ2) is 5.95. The SMILES string of the molecule is Cc1ccc(NC2=NN3C(=NCC3C#N)C(NC3CC3)=C2)cc1C#N. The van der Waals surface area contributed by atoms with Gasteiger partial charge in [-0.2, -0.15) is 15.6 Å². The van der Waals surface area contributed by atoms with Crippen LogP contribution >= 0.6 is 0 Å². The molecule has 1 aliphatic carbocycles. The predicted molar refractivity (Wildman–Crippen MR) is 94.7 cm³/mol. The van der Waals surface area contributed by atoms with Gasteiger partial charge in [0.2, 0.25) is 0 Å². The highest BCUT2D eigenvalue weighted by atomic mass is 15.5. The molecule has 3 aliphatic rings. The van der Waals surface area contributed by atoms with Gasteiger partial charge in [-0.05, 0) is 37.5 Å². The van der Waals surface area contributed by atoms with Crippen LogP contribution in [0.5, 0.6) is 0 Å². The van der Waals surface area contributed by atoms with Gasteiger partial charge in [0.1, 0.15) is 0 Å². The molecule has 1 unspecified atom stereocenters. The van der Waals surface area contributed by atoms with E-state index in [2.05, 4.69) is 32.9 Å². The molecule has 0 aromatic heterocycles. The van der Waals surface area contributed by atoms with E-state index < -0.39 is 0 Å². The number of hydrazone groups is 1. The van der Waals surface area contributed by atoms with Crippen molar-refractivity contribution in [2.45, 2.75) is 31.8 Å². The highest BCUT2D eigenvalue weighted by Crippen LogP contribution is 2.25. The molecule has 0 radical (unpaired) electrons. The van der Waals surface area contributed by atoms with Crippen molar-refractivity contribution in [3.63, 3.8) is 0 Å². The van der Waals surface area contributed by atoms with Crippen molar-refractivity contribution in [3.05, 3.63) is 41.1 Å². The molecular weight excluding hydrogens is 314 g/mol. The maximum absolute atomic E-state index is 9.33. The molecule has 1 aromatic rings. The first kappa shape index (κ1) is 15.2. The summed E-state index contributed by atoms with van der Waals surface area (Å²) in [7, 11) is 0. The van der Waals surface area contributed by atoms with Gasteiger partial charge in [-0.25, -0.2) is 5.01 Å². The van der Waals surface area contributed by atoms with E-state index in [0.29, 0.717) is 24.0 Å². The molecule has 2 aliphatic heterocycles. The lowest BCUT2D eigenvalue weighted by Gasteiger charge is -2.26. The Kier molecular flexibility index (Phi) is 3.62. The standard InChI is InChI=1S/C18H17N7/c1-11-2-3-14(6-12(11)8-19)23-17-7-16(22-13-4-5-13)18-21-10-15(9-20)25(18)24-17/h2-3,6-7,13,15,22H,4-5,10H2,1H3,(H,23,24). The Balaban J connectivity index is 1.63. The third kappa shape index (κ3) is 2.92. The van der Waals surface area contributed by atoms with Crippen LogP contribution in [0.1, 0.15) is 24.0 Å². The summed E-state index contributed by atoms with van der Waals surface area (Å²) < 4.78 is 0. The Hall–Kier alpha value is -3.32. The zero-order chi connectivity index (χ0) is 17.4. The van der Waals surface area contributed by atoms with Gasteiger partial charge in [-0.15, -0.1) is 0 Å².